The summed E-state index contributed by atoms with van der Waals surface area (Å²) < 4.78 is 0. The third-order valence-corrected chi connectivity index (χ3v) is 4.47. The number of likely N-dealkylation sites (tertiary alicyclic amines) is 1. The van der Waals surface area contributed by atoms with Crippen LogP contribution in [-0.2, 0) is 9.59 Å². The van der Waals surface area contributed by atoms with Crippen LogP contribution in [0.2, 0.25) is 0 Å². The van der Waals surface area contributed by atoms with Crippen LogP contribution in [0.5, 0.6) is 0 Å². The predicted octanol–water partition coefficient (Wildman–Crippen LogP) is 0.848. The zero-order valence-electron chi connectivity index (χ0n) is 15.8. The van der Waals surface area contributed by atoms with Crippen LogP contribution >= 0.6 is 24.0 Å². The number of likely N-dealkylation sites (N-methyl/N-ethyl adjacent to an activating group) is 2. The molecule has 0 saturated carbocycles. The highest BCUT2D eigenvalue weighted by Crippen LogP contribution is 2.32. The summed E-state index contributed by atoms with van der Waals surface area (Å²) in [5, 5.41) is 3.11. The molecule has 0 aromatic heterocycles. The molecule has 0 spiro atoms. The Kier molecular flexibility index (Phi) is 9.61. The zero-order chi connectivity index (χ0) is 17.6. The van der Waals surface area contributed by atoms with Crippen LogP contribution in [0.3, 0.4) is 0 Å². The first-order chi connectivity index (χ1) is 10.7. The molecule has 1 rings (SSSR count). The summed E-state index contributed by atoms with van der Waals surface area (Å²) in [6, 6.07) is 0. The number of guanidine groups is 1. The van der Waals surface area contributed by atoms with Crippen LogP contribution in [0.4, 0.5) is 0 Å². The van der Waals surface area contributed by atoms with Gasteiger partial charge in [-0.05, 0) is 18.3 Å². The van der Waals surface area contributed by atoms with Gasteiger partial charge in [-0.15, -0.1) is 24.0 Å². The van der Waals surface area contributed by atoms with Crippen LogP contribution in [0.15, 0.2) is 4.99 Å². The van der Waals surface area contributed by atoms with E-state index in [1.165, 1.54) is 9.80 Å². The first-order valence-corrected chi connectivity index (χ1v) is 8.12. The van der Waals surface area contributed by atoms with Crippen LogP contribution in [-0.4, -0.2) is 86.8 Å². The van der Waals surface area contributed by atoms with Crippen molar-refractivity contribution >= 4 is 41.8 Å². The molecule has 7 nitrogen and oxygen atoms in total. The maximum atomic E-state index is 11.8. The van der Waals surface area contributed by atoms with Gasteiger partial charge in [0.15, 0.2) is 5.96 Å². The number of hydrogen-bond acceptors (Lipinski definition) is 3. The van der Waals surface area contributed by atoms with E-state index in [4.69, 9.17) is 0 Å². The maximum Gasteiger partial charge on any atom is 0.243 e. The van der Waals surface area contributed by atoms with Gasteiger partial charge in [0.1, 0.15) is 6.54 Å². The summed E-state index contributed by atoms with van der Waals surface area (Å²) in [5.41, 5.74) is 0.263. The molecule has 1 atom stereocenters. The van der Waals surface area contributed by atoms with E-state index in [0.29, 0.717) is 5.96 Å². The smallest absolute Gasteiger partial charge is 0.243 e. The first kappa shape index (κ1) is 22.9. The Bertz CT molecular complexity index is 467. The number of nitrogens with zero attached hydrogens (tertiary/aromatic N) is 4. The quantitative estimate of drug-likeness (QED) is 0.381. The van der Waals surface area contributed by atoms with Crippen LogP contribution in [0, 0.1) is 5.41 Å². The topological polar surface area (TPSA) is 68.2 Å². The third-order valence-electron chi connectivity index (χ3n) is 4.47. The second-order valence-corrected chi connectivity index (χ2v) is 6.91. The lowest BCUT2D eigenvalue weighted by Gasteiger charge is -2.26. The molecular weight excluding hydrogens is 421 g/mol. The summed E-state index contributed by atoms with van der Waals surface area (Å²) in [7, 11) is 6.87. The molecule has 0 aliphatic carbocycles. The van der Waals surface area contributed by atoms with Gasteiger partial charge in [-0.1, -0.05) is 13.8 Å². The fourth-order valence-electron chi connectivity index (χ4n) is 2.36. The van der Waals surface area contributed by atoms with Crippen LogP contribution < -0.4 is 5.32 Å². The molecule has 1 unspecified atom stereocenters. The van der Waals surface area contributed by atoms with E-state index in [-0.39, 0.29) is 54.3 Å². The van der Waals surface area contributed by atoms with Gasteiger partial charge in [0.05, 0.1) is 6.54 Å². The van der Waals surface area contributed by atoms with Crippen molar-refractivity contribution in [3.8, 4) is 0 Å². The molecule has 140 valence electrons. The molecule has 0 aromatic rings. The molecule has 2 amide bonds. The molecule has 1 N–H and O–H groups in total. The Morgan fingerprint density at radius 1 is 1.17 bits per heavy atom. The van der Waals surface area contributed by atoms with Crippen molar-refractivity contribution in [1.82, 2.24) is 20.0 Å². The Morgan fingerprint density at radius 2 is 1.75 bits per heavy atom. The standard InChI is InChI=1S/C16H31N5O2.HI/c1-7-16(2)8-9-21(12-16)15(17-10-13(22)19(3)4)18-11-14(23)20(5)6;/h7-12H2,1-6H3,(H,17,18);1H. The minimum absolute atomic E-state index is 0. The average molecular weight is 453 g/mol. The Labute approximate surface area is 162 Å². The average Bonchev–Trinajstić information content (AvgIpc) is 2.89. The number of carbonyl (C=O) groups excluding carboxylic acids is 2. The van der Waals surface area contributed by atoms with Crippen molar-refractivity contribution < 1.29 is 9.59 Å². The van der Waals surface area contributed by atoms with E-state index >= 15 is 0 Å². The van der Waals surface area contributed by atoms with E-state index in [1.807, 2.05) is 0 Å². The predicted molar refractivity (Wildman–Crippen MR) is 108 cm³/mol. The van der Waals surface area contributed by atoms with Crippen molar-refractivity contribution in [2.75, 3.05) is 54.4 Å². The molecule has 0 radical (unpaired) electrons. The molecule has 1 aliphatic rings. The van der Waals surface area contributed by atoms with Gasteiger partial charge < -0.3 is 20.0 Å². The fourth-order valence-corrected chi connectivity index (χ4v) is 2.36. The van der Waals surface area contributed by atoms with Crippen molar-refractivity contribution in [3.05, 3.63) is 0 Å². The molecule has 1 aliphatic heterocycles. The maximum absolute atomic E-state index is 11.8. The summed E-state index contributed by atoms with van der Waals surface area (Å²) in [5.74, 6) is 0.572. The summed E-state index contributed by atoms with van der Waals surface area (Å²) >= 11 is 0. The second kappa shape index (κ2) is 10.0. The molecule has 0 bridgehead atoms. The number of carbonyl (C=O) groups is 2. The molecule has 1 fully saturated rings. The minimum atomic E-state index is -0.0549. The minimum Gasteiger partial charge on any atom is -0.347 e. The van der Waals surface area contributed by atoms with Crippen molar-refractivity contribution in [3.63, 3.8) is 0 Å². The Balaban J connectivity index is 0.00000529. The monoisotopic (exact) mass is 453 g/mol. The Hall–Kier alpha value is -1.06. The number of hydrogen-bond donors (Lipinski definition) is 1. The van der Waals surface area contributed by atoms with Gasteiger partial charge in [-0.2, -0.15) is 0 Å². The molecule has 0 aromatic carbocycles. The molecule has 24 heavy (non-hydrogen) atoms. The van der Waals surface area contributed by atoms with Gasteiger partial charge in [0.25, 0.3) is 0 Å². The normalized spacial score (nSPS) is 20.4. The van der Waals surface area contributed by atoms with Gasteiger partial charge in [-0.3, -0.25) is 9.59 Å². The van der Waals surface area contributed by atoms with Crippen LogP contribution in [0.1, 0.15) is 26.7 Å². The summed E-state index contributed by atoms with van der Waals surface area (Å²) in [6.45, 7) is 6.51. The first-order valence-electron chi connectivity index (χ1n) is 8.12. The van der Waals surface area contributed by atoms with E-state index < -0.39 is 0 Å². The van der Waals surface area contributed by atoms with E-state index in [1.54, 1.807) is 28.2 Å². The van der Waals surface area contributed by atoms with Gasteiger partial charge in [0, 0.05) is 41.3 Å². The van der Waals surface area contributed by atoms with Gasteiger partial charge in [0.2, 0.25) is 11.8 Å². The largest absolute Gasteiger partial charge is 0.347 e. The fraction of sp³-hybridized carbons (Fsp3) is 0.812. The summed E-state index contributed by atoms with van der Waals surface area (Å²) in [6.07, 6.45) is 2.19. The van der Waals surface area contributed by atoms with E-state index in [9.17, 15) is 9.59 Å². The Morgan fingerprint density at radius 3 is 2.21 bits per heavy atom. The number of aliphatic imine (C=N–C) groups is 1. The number of halogens is 1. The van der Waals surface area contributed by atoms with Gasteiger partial charge >= 0.3 is 0 Å². The van der Waals surface area contributed by atoms with Crippen molar-refractivity contribution in [2.45, 2.75) is 26.7 Å². The van der Waals surface area contributed by atoms with Crippen molar-refractivity contribution in [2.24, 2.45) is 10.4 Å². The lowest BCUT2D eigenvalue weighted by molar-refractivity contribution is -0.127. The summed E-state index contributed by atoms with van der Waals surface area (Å²) in [4.78, 5) is 33.2. The van der Waals surface area contributed by atoms with Gasteiger partial charge in [-0.25, -0.2) is 4.99 Å². The van der Waals surface area contributed by atoms with Crippen molar-refractivity contribution in [1.29, 1.82) is 0 Å². The molecule has 1 saturated heterocycles. The number of rotatable bonds is 5. The zero-order valence-corrected chi connectivity index (χ0v) is 18.1. The second-order valence-electron chi connectivity index (χ2n) is 6.91. The molecular formula is C16H32IN5O2. The molecule has 8 heteroatoms. The molecule has 1 heterocycles. The third kappa shape index (κ3) is 6.82. The number of amides is 2. The lowest BCUT2D eigenvalue weighted by Crippen LogP contribution is -2.45. The SMILES string of the molecule is CCC1(C)CCN(C(=NCC(=O)N(C)C)NCC(=O)N(C)C)C1.I. The highest BCUT2D eigenvalue weighted by atomic mass is 127. The number of nitrogens with one attached hydrogen (secondary N) is 1. The highest BCUT2D eigenvalue weighted by Gasteiger charge is 2.33. The van der Waals surface area contributed by atoms with Crippen LogP contribution in [0.25, 0.3) is 0 Å². The lowest BCUT2D eigenvalue weighted by atomic mass is 9.87. The highest BCUT2D eigenvalue weighted by molar-refractivity contribution is 14.0. The van der Waals surface area contributed by atoms with E-state index in [0.717, 1.165) is 25.9 Å². The van der Waals surface area contributed by atoms with E-state index in [2.05, 4.69) is 29.1 Å².